The van der Waals surface area contributed by atoms with Gasteiger partial charge in [0.1, 0.15) is 0 Å². The van der Waals surface area contributed by atoms with Gasteiger partial charge in [0.2, 0.25) is 11.6 Å². The summed E-state index contributed by atoms with van der Waals surface area (Å²) >= 11 is 0. The molecule has 0 aliphatic carbocycles. The lowest BCUT2D eigenvalue weighted by Crippen LogP contribution is -2.42. The largest absolute Gasteiger partial charge is 0.406 e. The van der Waals surface area contributed by atoms with Gasteiger partial charge in [0, 0.05) is 33.1 Å². The van der Waals surface area contributed by atoms with Gasteiger partial charge in [-0.15, -0.1) is 0 Å². The van der Waals surface area contributed by atoms with Crippen LogP contribution < -0.4 is 10.6 Å². The summed E-state index contributed by atoms with van der Waals surface area (Å²) in [6.45, 7) is 7.13. The topological polar surface area (TPSA) is 94.2 Å². The molecule has 8 heteroatoms. The van der Waals surface area contributed by atoms with Crippen molar-refractivity contribution in [2.24, 2.45) is 0 Å². The van der Waals surface area contributed by atoms with E-state index in [1.54, 1.807) is 11.5 Å². The molecule has 0 saturated carbocycles. The number of nitro groups is 1. The van der Waals surface area contributed by atoms with Crippen LogP contribution in [0.15, 0.2) is 0 Å². The van der Waals surface area contributed by atoms with Crippen LogP contribution in [-0.4, -0.2) is 46.8 Å². The van der Waals surface area contributed by atoms with Gasteiger partial charge in [-0.3, -0.25) is 4.57 Å². The van der Waals surface area contributed by atoms with Gasteiger partial charge in [0.15, 0.2) is 0 Å². The van der Waals surface area contributed by atoms with Crippen molar-refractivity contribution in [2.45, 2.75) is 26.5 Å². The van der Waals surface area contributed by atoms with Crippen LogP contribution in [0.4, 0.5) is 11.6 Å². The Bertz CT molecular complexity index is 453. The number of ether oxygens (including phenoxy) is 1. The molecular weight excluding hydrogens is 250 g/mol. The summed E-state index contributed by atoms with van der Waals surface area (Å²) in [4.78, 5) is 14.5. The number of nitrogens with zero attached hydrogens (tertiary/aromatic N) is 3. The number of nitrogens with one attached hydrogen (secondary N) is 2. The molecule has 1 fully saturated rings. The number of aryl methyl sites for hydroxylation is 1. The maximum Gasteiger partial charge on any atom is 0.406 e. The first-order valence-electron chi connectivity index (χ1n) is 6.41. The summed E-state index contributed by atoms with van der Waals surface area (Å²) in [6.07, 6.45) is 0.0221. The third-order valence-electron chi connectivity index (χ3n) is 3.13. The second kappa shape index (κ2) is 5.98. The lowest BCUT2D eigenvalue weighted by molar-refractivity contribution is -0.388. The van der Waals surface area contributed by atoms with Crippen molar-refractivity contribution in [1.82, 2.24) is 14.9 Å². The van der Waals surface area contributed by atoms with Gasteiger partial charge in [-0.05, 0) is 16.8 Å². The van der Waals surface area contributed by atoms with Gasteiger partial charge >= 0.3 is 5.82 Å². The monoisotopic (exact) mass is 269 g/mol. The van der Waals surface area contributed by atoms with Crippen LogP contribution in [0.5, 0.6) is 0 Å². The minimum Gasteiger partial charge on any atom is -0.374 e. The zero-order chi connectivity index (χ0) is 13.8. The summed E-state index contributed by atoms with van der Waals surface area (Å²) in [5, 5.41) is 17.3. The number of morpholine rings is 1. The smallest absolute Gasteiger partial charge is 0.374 e. The van der Waals surface area contributed by atoms with Crippen LogP contribution in [0.3, 0.4) is 0 Å². The van der Waals surface area contributed by atoms with Crippen LogP contribution in [-0.2, 0) is 11.3 Å². The van der Waals surface area contributed by atoms with Crippen molar-refractivity contribution in [3.05, 3.63) is 15.9 Å². The first-order chi connectivity index (χ1) is 9.13. The fourth-order valence-electron chi connectivity index (χ4n) is 2.20. The summed E-state index contributed by atoms with van der Waals surface area (Å²) in [6, 6.07) is 0. The van der Waals surface area contributed by atoms with E-state index in [1.807, 2.05) is 6.92 Å². The second-order valence-corrected chi connectivity index (χ2v) is 4.41. The van der Waals surface area contributed by atoms with Crippen molar-refractivity contribution in [2.75, 3.05) is 31.6 Å². The molecule has 0 amide bonds. The maximum absolute atomic E-state index is 11.0. The summed E-state index contributed by atoms with van der Waals surface area (Å²) in [7, 11) is 0. The summed E-state index contributed by atoms with van der Waals surface area (Å²) < 4.78 is 7.36. The molecule has 0 spiro atoms. The highest BCUT2D eigenvalue weighted by Crippen LogP contribution is 2.25. The van der Waals surface area contributed by atoms with E-state index in [9.17, 15) is 10.1 Å². The van der Waals surface area contributed by atoms with Gasteiger partial charge in [0.05, 0.1) is 12.7 Å². The van der Waals surface area contributed by atoms with E-state index < -0.39 is 4.92 Å². The number of anilines is 1. The minimum absolute atomic E-state index is 0.0221. The Morgan fingerprint density at radius 2 is 2.47 bits per heavy atom. The quantitative estimate of drug-likeness (QED) is 0.598. The maximum atomic E-state index is 11.0. The Hall–Kier alpha value is -1.67. The van der Waals surface area contributed by atoms with E-state index in [0.717, 1.165) is 13.1 Å². The molecule has 1 aromatic rings. The second-order valence-electron chi connectivity index (χ2n) is 4.41. The van der Waals surface area contributed by atoms with Gasteiger partial charge in [-0.25, -0.2) is 0 Å². The first kappa shape index (κ1) is 13.8. The van der Waals surface area contributed by atoms with Crippen LogP contribution in [0.25, 0.3) is 0 Å². The van der Waals surface area contributed by atoms with E-state index in [-0.39, 0.29) is 11.9 Å². The highest BCUT2D eigenvalue weighted by Gasteiger charge is 2.25. The van der Waals surface area contributed by atoms with Crippen LogP contribution in [0, 0.1) is 17.0 Å². The van der Waals surface area contributed by atoms with Crippen LogP contribution in [0.2, 0.25) is 0 Å². The van der Waals surface area contributed by atoms with E-state index in [4.69, 9.17) is 4.74 Å². The zero-order valence-corrected chi connectivity index (χ0v) is 11.2. The number of hydrogen-bond donors (Lipinski definition) is 2. The van der Waals surface area contributed by atoms with Crippen LogP contribution in [0.1, 0.15) is 12.7 Å². The molecule has 1 aliphatic heterocycles. The Balaban J connectivity index is 2.11. The minimum atomic E-state index is -0.457. The molecule has 1 aliphatic rings. The van der Waals surface area contributed by atoms with E-state index in [0.29, 0.717) is 31.3 Å². The molecule has 2 heterocycles. The van der Waals surface area contributed by atoms with Gasteiger partial charge < -0.3 is 25.5 Å². The van der Waals surface area contributed by atoms with E-state index >= 15 is 0 Å². The molecule has 106 valence electrons. The third kappa shape index (κ3) is 3.02. The predicted octanol–water partition coefficient (Wildman–Crippen LogP) is 0.520. The van der Waals surface area contributed by atoms with Gasteiger partial charge in [-0.2, -0.15) is 0 Å². The molecule has 1 aromatic heterocycles. The number of aromatic nitrogens is 2. The highest BCUT2D eigenvalue weighted by atomic mass is 16.6. The van der Waals surface area contributed by atoms with Crippen molar-refractivity contribution < 1.29 is 9.66 Å². The van der Waals surface area contributed by atoms with Crippen molar-refractivity contribution >= 4 is 11.6 Å². The molecule has 2 rings (SSSR count). The lowest BCUT2D eigenvalue weighted by atomic mass is 10.3. The Morgan fingerprint density at radius 1 is 1.68 bits per heavy atom. The standard InChI is InChI=1S/C11H19N5O3/c1-3-15-8(2)14-11(16(17)18)10(15)13-7-9-6-12-4-5-19-9/h9,12-13H,3-7H2,1-2H3. The molecular formula is C11H19N5O3. The molecule has 1 atom stereocenters. The average Bonchev–Trinajstić information content (AvgIpc) is 2.74. The molecule has 1 unspecified atom stereocenters. The Morgan fingerprint density at radius 3 is 3.05 bits per heavy atom. The van der Waals surface area contributed by atoms with Crippen molar-refractivity contribution in [3.63, 3.8) is 0 Å². The molecule has 19 heavy (non-hydrogen) atoms. The molecule has 0 radical (unpaired) electrons. The fourth-order valence-corrected chi connectivity index (χ4v) is 2.20. The fraction of sp³-hybridized carbons (Fsp3) is 0.727. The number of hydrogen-bond acceptors (Lipinski definition) is 6. The average molecular weight is 269 g/mol. The third-order valence-corrected chi connectivity index (χ3v) is 3.13. The van der Waals surface area contributed by atoms with Crippen molar-refractivity contribution in [3.8, 4) is 0 Å². The van der Waals surface area contributed by atoms with Gasteiger partial charge in [-0.1, -0.05) is 0 Å². The molecule has 8 nitrogen and oxygen atoms in total. The van der Waals surface area contributed by atoms with E-state index in [2.05, 4.69) is 15.6 Å². The SMILES string of the molecule is CCn1c(C)nc([N+](=O)[O-])c1NCC1CNCCO1. The molecule has 2 N–H and O–H groups in total. The van der Waals surface area contributed by atoms with Crippen LogP contribution >= 0.6 is 0 Å². The van der Waals surface area contributed by atoms with E-state index in [1.165, 1.54) is 0 Å². The van der Waals surface area contributed by atoms with Gasteiger partial charge in [0.25, 0.3) is 0 Å². The lowest BCUT2D eigenvalue weighted by Gasteiger charge is -2.24. The summed E-state index contributed by atoms with van der Waals surface area (Å²) in [5.41, 5.74) is 0. The Kier molecular flexibility index (Phi) is 4.33. The summed E-state index contributed by atoms with van der Waals surface area (Å²) in [5.74, 6) is 0.974. The molecule has 0 bridgehead atoms. The highest BCUT2D eigenvalue weighted by molar-refractivity contribution is 5.53. The first-order valence-corrected chi connectivity index (χ1v) is 6.41. The molecule has 0 aromatic carbocycles. The number of imidazole rings is 1. The normalized spacial score (nSPS) is 19.4. The molecule has 1 saturated heterocycles. The number of rotatable bonds is 5. The zero-order valence-electron chi connectivity index (χ0n) is 11.2. The predicted molar refractivity (Wildman–Crippen MR) is 70.4 cm³/mol. The Labute approximate surface area is 111 Å². The van der Waals surface area contributed by atoms with Crippen molar-refractivity contribution in [1.29, 1.82) is 0 Å².